The van der Waals surface area contributed by atoms with Gasteiger partial charge in [0, 0.05) is 0 Å². The van der Waals surface area contributed by atoms with Crippen molar-refractivity contribution in [3.05, 3.63) is 0 Å². The van der Waals surface area contributed by atoms with E-state index in [-0.39, 0.29) is 0 Å². The number of hydrogen-bond donors (Lipinski definition) is 1. The highest BCUT2D eigenvalue weighted by molar-refractivity contribution is 7.86. The molecule has 0 saturated heterocycles. The monoisotopic (exact) mass is 528 g/mol. The largest absolute Gasteiger partial charge is 0.384 e. The quantitative estimate of drug-likeness (QED) is 0.324. The summed E-state index contributed by atoms with van der Waals surface area (Å²) in [7, 11) is -7.15. The Morgan fingerprint density at radius 3 is 1.10 bits per heavy atom. The van der Waals surface area contributed by atoms with Crippen molar-refractivity contribution in [2.45, 2.75) is 59.8 Å². The van der Waals surface area contributed by atoms with Gasteiger partial charge in [0.05, 0.1) is 0 Å². The molecule has 0 radical (unpaired) electrons. The molecular weight excluding hydrogens is 523 g/mol. The second-order valence-electron chi connectivity index (χ2n) is 5.56. The van der Waals surface area contributed by atoms with Crippen molar-refractivity contribution in [2.75, 3.05) is 0 Å². The summed E-state index contributed by atoms with van der Waals surface area (Å²) in [6.45, 7) is 0. The average Bonchev–Trinajstić information content (AvgIpc) is 2.57. The van der Waals surface area contributed by atoms with Gasteiger partial charge in [-0.2, -0.15) is 61.1 Å². The van der Waals surface area contributed by atoms with Crippen LogP contribution in [0.3, 0.4) is 0 Å². The summed E-state index contributed by atoms with van der Waals surface area (Å²) in [5.41, 5.74) is -5.92. The Balaban J connectivity index is 6.69. The molecule has 0 spiro atoms. The topological polar surface area (TPSA) is 54.4 Å². The highest BCUT2D eigenvalue weighted by atomic mass is 32.2. The molecule has 21 heteroatoms. The van der Waals surface area contributed by atoms with Gasteiger partial charge in [-0.05, 0) is 0 Å². The van der Waals surface area contributed by atoms with E-state index in [0.717, 1.165) is 0 Å². The minimum absolute atomic E-state index is 4.99. The number of halogens is 17. The summed E-state index contributed by atoms with van der Waals surface area (Å²) >= 11 is 0. The van der Waals surface area contributed by atoms with Crippen LogP contribution in [0.15, 0.2) is 0 Å². The summed E-state index contributed by atoms with van der Waals surface area (Å²) in [5.74, 6) is -49.4. The van der Waals surface area contributed by atoms with Crippen molar-refractivity contribution in [3.63, 3.8) is 0 Å². The highest BCUT2D eigenvalue weighted by Gasteiger charge is 2.92. The molecule has 0 saturated carbocycles. The fourth-order valence-electron chi connectivity index (χ4n) is 1.64. The standard InChI is InChI=1S/C10H5F17O3S/c11-1(3(13)14)2(12)5(16,17)7(20,21)9(24,25)10(26,27)8(22,23)6(18,19)4(15)31(28,29)30/h1-4H,(H,28,29,30). The average molecular weight is 528 g/mol. The van der Waals surface area contributed by atoms with E-state index in [1.807, 2.05) is 0 Å². The molecule has 0 amide bonds. The van der Waals surface area contributed by atoms with Gasteiger partial charge in [0.1, 0.15) is 0 Å². The van der Waals surface area contributed by atoms with Crippen molar-refractivity contribution in [1.82, 2.24) is 0 Å². The highest BCUT2D eigenvalue weighted by Crippen LogP contribution is 2.61. The number of alkyl halides is 17. The molecule has 3 unspecified atom stereocenters. The molecule has 0 aliphatic rings. The molecular formula is C10H5F17O3S. The zero-order valence-corrected chi connectivity index (χ0v) is 14.2. The van der Waals surface area contributed by atoms with E-state index in [0.29, 0.717) is 0 Å². The minimum Gasteiger partial charge on any atom is -0.283 e. The van der Waals surface area contributed by atoms with Crippen LogP contribution in [-0.2, 0) is 10.1 Å². The third-order valence-electron chi connectivity index (χ3n) is 3.43. The summed E-state index contributed by atoms with van der Waals surface area (Å²) in [6.07, 6.45) is -15.9. The SMILES string of the molecule is O=S(=O)(O)C(F)C(F)(F)C(F)(F)C(F)(F)C(F)(F)C(F)(F)C(F)(F)C(F)C(F)C(F)F. The first-order valence-electron chi connectivity index (χ1n) is 6.60. The minimum atomic E-state index is -8.61. The van der Waals surface area contributed by atoms with Crippen molar-refractivity contribution >= 4 is 10.1 Å². The first kappa shape index (κ1) is 29.7. The molecule has 3 nitrogen and oxygen atoms in total. The molecule has 0 aliphatic carbocycles. The first-order chi connectivity index (χ1) is 13.2. The predicted octanol–water partition coefficient (Wildman–Crippen LogP) is 4.92. The zero-order chi connectivity index (χ0) is 25.8. The lowest BCUT2D eigenvalue weighted by Gasteiger charge is -2.42. The smallest absolute Gasteiger partial charge is 0.283 e. The molecule has 0 aromatic heterocycles. The van der Waals surface area contributed by atoms with E-state index in [1.165, 1.54) is 0 Å². The molecule has 0 aromatic rings. The van der Waals surface area contributed by atoms with Crippen LogP contribution in [0.5, 0.6) is 0 Å². The third-order valence-corrected chi connectivity index (χ3v) is 4.25. The van der Waals surface area contributed by atoms with E-state index in [1.54, 1.807) is 0 Å². The maximum atomic E-state index is 13.3. The maximum absolute atomic E-state index is 13.3. The molecule has 0 fully saturated rings. The molecule has 0 bridgehead atoms. The van der Waals surface area contributed by atoms with Crippen LogP contribution in [0, 0.1) is 0 Å². The van der Waals surface area contributed by atoms with Gasteiger partial charge in [0.25, 0.3) is 11.9 Å². The Bertz CT molecular complexity index is 747. The van der Waals surface area contributed by atoms with Crippen molar-refractivity contribution < 1.29 is 87.6 Å². The van der Waals surface area contributed by atoms with Crippen LogP contribution in [0.25, 0.3) is 0 Å². The Morgan fingerprint density at radius 1 is 0.548 bits per heavy atom. The van der Waals surface area contributed by atoms with Gasteiger partial charge in [-0.25, -0.2) is 22.0 Å². The van der Waals surface area contributed by atoms with Gasteiger partial charge >= 0.3 is 45.7 Å². The fourth-order valence-corrected chi connectivity index (χ4v) is 2.17. The third kappa shape index (κ3) is 4.22. The summed E-state index contributed by atoms with van der Waals surface area (Å²) in [6, 6.07) is 0. The molecule has 0 aliphatic heterocycles. The van der Waals surface area contributed by atoms with Gasteiger partial charge in [-0.15, -0.1) is 0 Å². The van der Waals surface area contributed by atoms with Crippen LogP contribution in [-0.4, -0.2) is 72.8 Å². The van der Waals surface area contributed by atoms with Gasteiger partial charge in [0.15, 0.2) is 6.17 Å². The van der Waals surface area contributed by atoms with Crippen LogP contribution in [0.2, 0.25) is 0 Å². The van der Waals surface area contributed by atoms with Gasteiger partial charge < -0.3 is 0 Å². The molecule has 0 aromatic carbocycles. The molecule has 3 atom stereocenters. The summed E-state index contributed by atoms with van der Waals surface area (Å²) in [4.78, 5) is 0. The van der Waals surface area contributed by atoms with Gasteiger partial charge in [-0.1, -0.05) is 0 Å². The van der Waals surface area contributed by atoms with Crippen LogP contribution in [0.4, 0.5) is 74.6 Å². The second-order valence-corrected chi connectivity index (χ2v) is 7.00. The van der Waals surface area contributed by atoms with E-state index >= 15 is 0 Å². The van der Waals surface area contributed by atoms with Crippen molar-refractivity contribution in [2.24, 2.45) is 0 Å². The van der Waals surface area contributed by atoms with Gasteiger partial charge in [-0.3, -0.25) is 4.55 Å². The predicted molar refractivity (Wildman–Crippen MR) is 61.9 cm³/mol. The Kier molecular flexibility index (Phi) is 7.61. The van der Waals surface area contributed by atoms with Crippen molar-refractivity contribution in [1.29, 1.82) is 0 Å². The molecule has 1 N–H and O–H groups in total. The number of hydrogen-bond acceptors (Lipinski definition) is 2. The van der Waals surface area contributed by atoms with E-state index in [2.05, 4.69) is 0 Å². The van der Waals surface area contributed by atoms with Crippen LogP contribution in [0.1, 0.15) is 0 Å². The van der Waals surface area contributed by atoms with Crippen LogP contribution >= 0.6 is 0 Å². The van der Waals surface area contributed by atoms with E-state index in [9.17, 15) is 83.1 Å². The lowest BCUT2D eigenvalue weighted by Crippen LogP contribution is -2.73. The molecule has 188 valence electrons. The van der Waals surface area contributed by atoms with E-state index in [4.69, 9.17) is 4.55 Å². The lowest BCUT2D eigenvalue weighted by molar-refractivity contribution is -0.432. The normalized spacial score (nSPS) is 18.8. The number of rotatable bonds is 10. The summed E-state index contributed by atoms with van der Waals surface area (Å²) < 4.78 is 248. The second kappa shape index (κ2) is 7.94. The Hall–Kier alpha value is -1.28. The van der Waals surface area contributed by atoms with Gasteiger partial charge in [0.2, 0.25) is 6.17 Å². The first-order valence-corrected chi connectivity index (χ1v) is 8.11. The van der Waals surface area contributed by atoms with Crippen molar-refractivity contribution in [3.8, 4) is 0 Å². The van der Waals surface area contributed by atoms with Crippen LogP contribution < -0.4 is 0 Å². The lowest BCUT2D eigenvalue weighted by atomic mass is 9.89. The van der Waals surface area contributed by atoms with E-state index < -0.39 is 69.9 Å². The molecule has 0 rings (SSSR count). The zero-order valence-electron chi connectivity index (χ0n) is 13.4. The Labute approximate surface area is 158 Å². The summed E-state index contributed by atoms with van der Waals surface area (Å²) in [5, 5.41) is 0. The fraction of sp³-hybridized carbons (Fsp3) is 1.00. The molecule has 0 heterocycles. The maximum Gasteiger partial charge on any atom is 0.384 e. The Morgan fingerprint density at radius 2 is 0.839 bits per heavy atom. The molecule has 31 heavy (non-hydrogen) atoms.